The molecule has 17 heavy (non-hydrogen) atoms. The van der Waals surface area contributed by atoms with Gasteiger partial charge in [0.05, 0.1) is 18.6 Å². The Morgan fingerprint density at radius 1 is 1.24 bits per heavy atom. The van der Waals surface area contributed by atoms with E-state index in [2.05, 4.69) is 10.6 Å². The number of hydrogen-bond acceptors (Lipinski definition) is 4. The molecule has 5 nitrogen and oxygen atoms in total. The highest BCUT2D eigenvalue weighted by Gasteiger charge is 2.17. The van der Waals surface area contributed by atoms with Crippen molar-refractivity contribution in [3.8, 4) is 0 Å². The van der Waals surface area contributed by atoms with Crippen LogP contribution in [0.25, 0.3) is 0 Å². The second-order valence-corrected chi connectivity index (χ2v) is 4.07. The van der Waals surface area contributed by atoms with Crippen molar-refractivity contribution >= 4 is 11.9 Å². The summed E-state index contributed by atoms with van der Waals surface area (Å²) in [4.78, 5) is 22.9. The zero-order chi connectivity index (χ0) is 13.3. The molecule has 0 bridgehead atoms. The van der Waals surface area contributed by atoms with Gasteiger partial charge in [-0.3, -0.25) is 9.59 Å². The first kappa shape index (κ1) is 15.9. The van der Waals surface area contributed by atoms with Crippen molar-refractivity contribution in [1.82, 2.24) is 10.6 Å². The standard InChI is InChI=1S/C12H24N2O3/c1-5-7-13-11(15)10(4)14-8-9(3)12(16)17-6-2/h9-10,14H,5-8H2,1-4H3,(H,13,15). The average Bonchev–Trinajstić information content (AvgIpc) is 2.32. The Kier molecular flexibility index (Phi) is 8.40. The number of nitrogens with one attached hydrogen (secondary N) is 2. The van der Waals surface area contributed by atoms with Crippen molar-refractivity contribution < 1.29 is 14.3 Å². The molecule has 0 aliphatic carbocycles. The molecular formula is C12H24N2O3. The number of carbonyl (C=O) groups is 2. The summed E-state index contributed by atoms with van der Waals surface area (Å²) in [6.07, 6.45) is 0.914. The summed E-state index contributed by atoms with van der Waals surface area (Å²) < 4.78 is 4.88. The van der Waals surface area contributed by atoms with Crippen molar-refractivity contribution in [2.24, 2.45) is 5.92 Å². The van der Waals surface area contributed by atoms with Crippen LogP contribution in [0.1, 0.15) is 34.1 Å². The van der Waals surface area contributed by atoms with Gasteiger partial charge in [-0.15, -0.1) is 0 Å². The Morgan fingerprint density at radius 3 is 2.41 bits per heavy atom. The fraction of sp³-hybridized carbons (Fsp3) is 0.833. The third-order valence-corrected chi connectivity index (χ3v) is 2.36. The molecule has 0 saturated carbocycles. The Bertz CT molecular complexity index is 244. The van der Waals surface area contributed by atoms with Crippen LogP contribution in [-0.4, -0.2) is 37.6 Å². The molecule has 0 saturated heterocycles. The van der Waals surface area contributed by atoms with Gasteiger partial charge in [-0.05, 0) is 20.3 Å². The fourth-order valence-corrected chi connectivity index (χ4v) is 1.22. The molecule has 0 aliphatic heterocycles. The molecule has 2 N–H and O–H groups in total. The summed E-state index contributed by atoms with van der Waals surface area (Å²) in [6.45, 7) is 8.85. The maximum Gasteiger partial charge on any atom is 0.309 e. The van der Waals surface area contributed by atoms with Crippen molar-refractivity contribution in [3.63, 3.8) is 0 Å². The van der Waals surface area contributed by atoms with E-state index in [1.807, 2.05) is 6.92 Å². The Hall–Kier alpha value is -1.10. The van der Waals surface area contributed by atoms with Gasteiger partial charge in [-0.1, -0.05) is 13.8 Å². The van der Waals surface area contributed by atoms with E-state index in [1.165, 1.54) is 0 Å². The van der Waals surface area contributed by atoms with Gasteiger partial charge in [0, 0.05) is 13.1 Å². The number of hydrogen-bond donors (Lipinski definition) is 2. The third kappa shape index (κ3) is 6.94. The van der Waals surface area contributed by atoms with E-state index in [-0.39, 0.29) is 23.8 Å². The van der Waals surface area contributed by atoms with Crippen molar-refractivity contribution in [2.45, 2.75) is 40.2 Å². The molecule has 0 aliphatic rings. The molecule has 100 valence electrons. The van der Waals surface area contributed by atoms with Gasteiger partial charge in [0.2, 0.25) is 5.91 Å². The van der Waals surface area contributed by atoms with Gasteiger partial charge >= 0.3 is 5.97 Å². The highest BCUT2D eigenvalue weighted by atomic mass is 16.5. The molecule has 0 aromatic carbocycles. The van der Waals surface area contributed by atoms with Crippen LogP contribution in [0.4, 0.5) is 0 Å². The summed E-state index contributed by atoms with van der Waals surface area (Å²) in [5.41, 5.74) is 0. The predicted molar refractivity (Wildman–Crippen MR) is 66.6 cm³/mol. The van der Waals surface area contributed by atoms with Gasteiger partial charge in [-0.2, -0.15) is 0 Å². The maximum absolute atomic E-state index is 11.5. The molecule has 1 amide bonds. The van der Waals surface area contributed by atoms with Crippen molar-refractivity contribution in [3.05, 3.63) is 0 Å². The van der Waals surface area contributed by atoms with Crippen LogP contribution in [0, 0.1) is 5.92 Å². The molecule has 0 aromatic rings. The number of ether oxygens (including phenoxy) is 1. The van der Waals surface area contributed by atoms with Crippen LogP contribution in [-0.2, 0) is 14.3 Å². The van der Waals surface area contributed by atoms with E-state index in [1.54, 1.807) is 20.8 Å². The first-order valence-corrected chi connectivity index (χ1v) is 6.20. The average molecular weight is 244 g/mol. The van der Waals surface area contributed by atoms with Crippen LogP contribution < -0.4 is 10.6 Å². The Morgan fingerprint density at radius 2 is 1.88 bits per heavy atom. The smallest absolute Gasteiger partial charge is 0.309 e. The van der Waals surface area contributed by atoms with E-state index in [0.29, 0.717) is 19.7 Å². The normalized spacial score (nSPS) is 13.9. The fourth-order valence-electron chi connectivity index (χ4n) is 1.22. The van der Waals surface area contributed by atoms with E-state index in [4.69, 9.17) is 4.74 Å². The minimum atomic E-state index is -0.293. The van der Waals surface area contributed by atoms with Crippen LogP contribution >= 0.6 is 0 Å². The lowest BCUT2D eigenvalue weighted by Gasteiger charge is -2.16. The van der Waals surface area contributed by atoms with Gasteiger partial charge in [-0.25, -0.2) is 0 Å². The van der Waals surface area contributed by atoms with Gasteiger partial charge in [0.25, 0.3) is 0 Å². The second-order valence-electron chi connectivity index (χ2n) is 4.07. The van der Waals surface area contributed by atoms with Crippen LogP contribution in [0.3, 0.4) is 0 Å². The lowest BCUT2D eigenvalue weighted by Crippen LogP contribution is -2.44. The largest absolute Gasteiger partial charge is 0.466 e. The number of esters is 1. The van der Waals surface area contributed by atoms with Gasteiger partial charge < -0.3 is 15.4 Å². The van der Waals surface area contributed by atoms with Crippen LogP contribution in [0.5, 0.6) is 0 Å². The first-order valence-electron chi connectivity index (χ1n) is 6.20. The molecule has 0 radical (unpaired) electrons. The minimum Gasteiger partial charge on any atom is -0.466 e. The molecule has 0 heterocycles. The first-order chi connectivity index (χ1) is 8.02. The Labute approximate surface area is 103 Å². The maximum atomic E-state index is 11.5. The van der Waals surface area contributed by atoms with Gasteiger partial charge in [0.1, 0.15) is 0 Å². The third-order valence-electron chi connectivity index (χ3n) is 2.36. The monoisotopic (exact) mass is 244 g/mol. The summed E-state index contributed by atoms with van der Waals surface area (Å²) in [6, 6.07) is -0.293. The van der Waals surface area contributed by atoms with Crippen molar-refractivity contribution in [1.29, 1.82) is 0 Å². The van der Waals surface area contributed by atoms with Crippen LogP contribution in [0.2, 0.25) is 0 Å². The molecule has 0 fully saturated rings. The SMILES string of the molecule is CCCNC(=O)C(C)NCC(C)C(=O)OCC. The van der Waals surface area contributed by atoms with E-state index < -0.39 is 0 Å². The number of amides is 1. The molecule has 2 unspecified atom stereocenters. The van der Waals surface area contributed by atoms with Gasteiger partial charge in [0.15, 0.2) is 0 Å². The number of carbonyl (C=O) groups excluding carboxylic acids is 2. The van der Waals surface area contributed by atoms with Crippen molar-refractivity contribution in [2.75, 3.05) is 19.7 Å². The second kappa shape index (κ2) is 8.98. The Balaban J connectivity index is 3.85. The lowest BCUT2D eigenvalue weighted by atomic mass is 10.1. The highest BCUT2D eigenvalue weighted by molar-refractivity contribution is 5.81. The predicted octanol–water partition coefficient (Wildman–Crippen LogP) is 0.690. The summed E-state index contributed by atoms with van der Waals surface area (Å²) in [5.74, 6) is -0.513. The summed E-state index contributed by atoms with van der Waals surface area (Å²) in [7, 11) is 0. The summed E-state index contributed by atoms with van der Waals surface area (Å²) in [5, 5.41) is 5.81. The molecule has 0 rings (SSSR count). The molecule has 5 heteroatoms. The minimum absolute atomic E-state index is 0.0390. The van der Waals surface area contributed by atoms with E-state index >= 15 is 0 Å². The zero-order valence-corrected chi connectivity index (χ0v) is 11.2. The number of rotatable bonds is 8. The topological polar surface area (TPSA) is 67.4 Å². The van der Waals surface area contributed by atoms with E-state index in [0.717, 1.165) is 6.42 Å². The zero-order valence-electron chi connectivity index (χ0n) is 11.2. The summed E-state index contributed by atoms with van der Waals surface area (Å²) >= 11 is 0. The van der Waals surface area contributed by atoms with Crippen LogP contribution in [0.15, 0.2) is 0 Å². The molecule has 2 atom stereocenters. The highest BCUT2D eigenvalue weighted by Crippen LogP contribution is 1.97. The quantitative estimate of drug-likeness (QED) is 0.616. The lowest BCUT2D eigenvalue weighted by molar-refractivity contribution is -0.147. The molecule has 0 spiro atoms. The molecular weight excluding hydrogens is 220 g/mol. The molecule has 0 aromatic heterocycles. The van der Waals surface area contributed by atoms with E-state index in [9.17, 15) is 9.59 Å².